The molecule has 8 heteroatoms. The van der Waals surface area contributed by atoms with Crippen molar-refractivity contribution in [2.75, 3.05) is 13.1 Å². The van der Waals surface area contributed by atoms with Gasteiger partial charge < -0.3 is 10.1 Å². The number of benzene rings is 2. The second-order valence-corrected chi connectivity index (χ2v) is 9.70. The molecule has 3 rings (SSSR count). The Morgan fingerprint density at radius 1 is 1.06 bits per heavy atom. The molecule has 0 aliphatic carbocycles. The molecule has 0 radical (unpaired) electrons. The summed E-state index contributed by atoms with van der Waals surface area (Å²) in [6, 6.07) is 14.8. The van der Waals surface area contributed by atoms with Gasteiger partial charge in [-0.3, -0.25) is 14.5 Å². The number of amidine groups is 1. The number of ether oxygens (including phenoxy) is 1. The fraction of sp³-hybridized carbons (Fsp3) is 0.417. The highest BCUT2D eigenvalue weighted by atomic mass is 32.2. The van der Waals surface area contributed by atoms with Crippen LogP contribution in [-0.4, -0.2) is 39.4 Å². The van der Waals surface area contributed by atoms with Crippen molar-refractivity contribution < 1.29 is 17.9 Å². The molecule has 1 aliphatic rings. The van der Waals surface area contributed by atoms with Gasteiger partial charge in [0.1, 0.15) is 11.6 Å². The lowest BCUT2D eigenvalue weighted by atomic mass is 10.1. The minimum Gasteiger partial charge on any atom is -0.491 e. The van der Waals surface area contributed by atoms with Gasteiger partial charge in [0, 0.05) is 25.1 Å². The van der Waals surface area contributed by atoms with Gasteiger partial charge in [0.2, 0.25) is 5.91 Å². The zero-order valence-electron chi connectivity index (χ0n) is 18.6. The number of hydrogen-bond acceptors (Lipinski definition) is 5. The topological polar surface area (TPSA) is 96.9 Å². The first-order chi connectivity index (χ1) is 15.3. The Bertz CT molecular complexity index is 1050. The van der Waals surface area contributed by atoms with Gasteiger partial charge in [-0.2, -0.15) is 0 Å². The number of aliphatic imine (C=N–C) groups is 1. The summed E-state index contributed by atoms with van der Waals surface area (Å²) in [7, 11) is -3.49. The minimum absolute atomic E-state index is 0.0496. The second-order valence-electron chi connectivity index (χ2n) is 8.05. The molecular weight excluding hydrogens is 426 g/mol. The number of amides is 1. The Balaban J connectivity index is 1.29. The Kier molecular flexibility index (Phi) is 8.27. The van der Waals surface area contributed by atoms with Crippen LogP contribution in [0.4, 0.5) is 0 Å². The number of rotatable bonds is 11. The highest BCUT2D eigenvalue weighted by Crippen LogP contribution is 2.22. The summed E-state index contributed by atoms with van der Waals surface area (Å²) in [5.41, 5.74) is 1.78. The molecule has 1 amide bonds. The lowest BCUT2D eigenvalue weighted by Crippen LogP contribution is -2.25. The first kappa shape index (κ1) is 23.8. The Hall–Kier alpha value is -2.87. The summed E-state index contributed by atoms with van der Waals surface area (Å²) in [5, 5.41) is 2.96. The third kappa shape index (κ3) is 6.82. The standard InChI is InChI=1S/C24H31N3O4S/c1-18(2)31-20-13-11-19(12-14-20)15-17-25-23(28)10-4-3-7-16-26-24-21-8-5-6-9-22(21)32(29,30)27-24/h5-6,8-9,11-14,18H,3-4,7,10,15-17H2,1-2H3,(H,25,28)(H,26,27). The third-order valence-electron chi connectivity index (χ3n) is 5.03. The molecule has 2 N–H and O–H groups in total. The maximum absolute atomic E-state index is 12.1. The number of carbonyl (C=O) groups is 1. The summed E-state index contributed by atoms with van der Waals surface area (Å²) in [5.74, 6) is 1.31. The number of nitrogens with one attached hydrogen (secondary N) is 2. The quantitative estimate of drug-likeness (QED) is 0.505. The van der Waals surface area contributed by atoms with Crippen LogP contribution in [0, 0.1) is 0 Å². The predicted molar refractivity (Wildman–Crippen MR) is 126 cm³/mol. The maximum atomic E-state index is 12.1. The van der Waals surface area contributed by atoms with Gasteiger partial charge in [-0.05, 0) is 62.9 Å². The fourth-order valence-electron chi connectivity index (χ4n) is 3.46. The van der Waals surface area contributed by atoms with E-state index >= 15 is 0 Å². The molecule has 0 spiro atoms. The van der Waals surface area contributed by atoms with E-state index < -0.39 is 10.0 Å². The van der Waals surface area contributed by atoms with E-state index in [0.29, 0.717) is 30.9 Å². The van der Waals surface area contributed by atoms with Gasteiger partial charge in [-0.15, -0.1) is 0 Å². The lowest BCUT2D eigenvalue weighted by Gasteiger charge is -2.10. The largest absolute Gasteiger partial charge is 0.491 e. The number of carbonyl (C=O) groups excluding carboxylic acids is 1. The number of hydrogen-bond donors (Lipinski definition) is 2. The number of unbranched alkanes of at least 4 members (excludes halogenated alkanes) is 2. The second kappa shape index (κ2) is 11.1. The van der Waals surface area contributed by atoms with Crippen LogP contribution in [0.2, 0.25) is 0 Å². The predicted octanol–water partition coefficient (Wildman–Crippen LogP) is 3.43. The highest BCUT2D eigenvalue weighted by molar-refractivity contribution is 7.90. The molecule has 0 atom stereocenters. The van der Waals surface area contributed by atoms with Crippen LogP contribution >= 0.6 is 0 Å². The summed E-state index contributed by atoms with van der Waals surface area (Å²) < 4.78 is 32.3. The van der Waals surface area contributed by atoms with E-state index in [9.17, 15) is 13.2 Å². The summed E-state index contributed by atoms with van der Waals surface area (Å²) in [4.78, 5) is 16.7. The number of sulfonamides is 1. The van der Waals surface area contributed by atoms with Crippen LogP contribution in [0.3, 0.4) is 0 Å². The van der Waals surface area contributed by atoms with E-state index in [1.54, 1.807) is 24.3 Å². The van der Waals surface area contributed by atoms with Crippen molar-refractivity contribution in [1.82, 2.24) is 10.0 Å². The first-order valence-electron chi connectivity index (χ1n) is 11.0. The van der Waals surface area contributed by atoms with Crippen LogP contribution in [0.15, 0.2) is 58.4 Å². The molecule has 2 aromatic rings. The van der Waals surface area contributed by atoms with Crippen LogP contribution in [0.5, 0.6) is 5.75 Å². The van der Waals surface area contributed by atoms with Gasteiger partial charge in [0.05, 0.1) is 11.0 Å². The van der Waals surface area contributed by atoms with Crippen molar-refractivity contribution >= 4 is 21.8 Å². The molecule has 1 heterocycles. The zero-order valence-corrected chi connectivity index (χ0v) is 19.5. The van der Waals surface area contributed by atoms with E-state index in [1.165, 1.54) is 0 Å². The highest BCUT2D eigenvalue weighted by Gasteiger charge is 2.29. The first-order valence-corrected chi connectivity index (χ1v) is 12.5. The minimum atomic E-state index is -3.49. The molecule has 0 saturated carbocycles. The average molecular weight is 458 g/mol. The van der Waals surface area contributed by atoms with Crippen molar-refractivity contribution in [2.24, 2.45) is 4.99 Å². The Labute approximate surface area is 190 Å². The molecule has 172 valence electrons. The molecule has 0 bridgehead atoms. The van der Waals surface area contributed by atoms with Gasteiger partial charge in [0.25, 0.3) is 10.0 Å². The van der Waals surface area contributed by atoms with E-state index in [1.807, 2.05) is 38.1 Å². The third-order valence-corrected chi connectivity index (χ3v) is 6.42. The van der Waals surface area contributed by atoms with E-state index in [0.717, 1.165) is 37.0 Å². The SMILES string of the molecule is CC(C)Oc1ccc(CCNC(=O)CCCCCN=C2NS(=O)(=O)c3ccccc32)cc1. The van der Waals surface area contributed by atoms with Crippen molar-refractivity contribution in [2.45, 2.75) is 57.0 Å². The van der Waals surface area contributed by atoms with Crippen molar-refractivity contribution in [3.05, 3.63) is 59.7 Å². The summed E-state index contributed by atoms with van der Waals surface area (Å²) in [6.45, 7) is 5.12. The Morgan fingerprint density at radius 2 is 1.81 bits per heavy atom. The van der Waals surface area contributed by atoms with Gasteiger partial charge in [-0.1, -0.05) is 30.7 Å². The zero-order chi connectivity index (χ0) is 23.0. The molecular formula is C24H31N3O4S. The molecule has 0 aromatic heterocycles. The maximum Gasteiger partial charge on any atom is 0.263 e. The van der Waals surface area contributed by atoms with Gasteiger partial charge >= 0.3 is 0 Å². The molecule has 0 unspecified atom stereocenters. The lowest BCUT2D eigenvalue weighted by molar-refractivity contribution is -0.121. The monoisotopic (exact) mass is 457 g/mol. The van der Waals surface area contributed by atoms with E-state index in [-0.39, 0.29) is 16.9 Å². The van der Waals surface area contributed by atoms with E-state index in [4.69, 9.17) is 4.74 Å². The average Bonchev–Trinajstić information content (AvgIpc) is 3.02. The molecule has 0 fully saturated rings. The van der Waals surface area contributed by atoms with Crippen LogP contribution < -0.4 is 14.8 Å². The molecule has 0 saturated heterocycles. The van der Waals surface area contributed by atoms with E-state index in [2.05, 4.69) is 15.0 Å². The number of nitrogens with zero attached hydrogens (tertiary/aromatic N) is 1. The van der Waals surface area contributed by atoms with Crippen LogP contribution in [0.25, 0.3) is 0 Å². The van der Waals surface area contributed by atoms with Crippen LogP contribution in [-0.2, 0) is 21.2 Å². The van der Waals surface area contributed by atoms with Crippen LogP contribution in [0.1, 0.15) is 50.7 Å². The fourth-order valence-corrected chi connectivity index (χ4v) is 4.71. The molecule has 7 nitrogen and oxygen atoms in total. The molecule has 32 heavy (non-hydrogen) atoms. The molecule has 2 aromatic carbocycles. The summed E-state index contributed by atoms with van der Waals surface area (Å²) >= 11 is 0. The molecule has 1 aliphatic heterocycles. The smallest absolute Gasteiger partial charge is 0.263 e. The Morgan fingerprint density at radius 3 is 2.56 bits per heavy atom. The summed E-state index contributed by atoms with van der Waals surface area (Å²) in [6.07, 6.45) is 3.84. The van der Waals surface area contributed by atoms with Crippen molar-refractivity contribution in [3.8, 4) is 5.75 Å². The van der Waals surface area contributed by atoms with Crippen molar-refractivity contribution in [1.29, 1.82) is 0 Å². The van der Waals surface area contributed by atoms with Gasteiger partial charge in [0.15, 0.2) is 0 Å². The van der Waals surface area contributed by atoms with Crippen molar-refractivity contribution in [3.63, 3.8) is 0 Å². The van der Waals surface area contributed by atoms with Gasteiger partial charge in [-0.25, -0.2) is 8.42 Å². The number of fused-ring (bicyclic) bond motifs is 1. The normalized spacial score (nSPS) is 15.4.